The number of benzene rings is 1. The average molecular weight is 374 g/mol. The molecule has 0 radical (unpaired) electrons. The highest BCUT2D eigenvalue weighted by molar-refractivity contribution is 6.36. The first-order chi connectivity index (χ1) is 9.19. The molecule has 0 atom stereocenters. The first-order valence-corrected chi connectivity index (χ1v) is 7.59. The van der Waals surface area contributed by atoms with Gasteiger partial charge in [0, 0.05) is 35.3 Å². The molecule has 0 aliphatic carbocycles. The highest BCUT2D eigenvalue weighted by atomic mass is 35.5. The van der Waals surface area contributed by atoms with Gasteiger partial charge in [-0.15, -0.1) is 24.8 Å². The highest BCUT2D eigenvalue weighted by Crippen LogP contribution is 2.24. The van der Waals surface area contributed by atoms with Crippen LogP contribution < -0.4 is 5.73 Å². The Kier molecular flexibility index (Phi) is 15.1. The van der Waals surface area contributed by atoms with E-state index in [0.717, 1.165) is 24.2 Å². The van der Waals surface area contributed by atoms with Crippen molar-refractivity contribution in [2.45, 2.75) is 39.0 Å². The minimum Gasteiger partial charge on any atom is -0.325 e. The van der Waals surface area contributed by atoms with Crippen molar-refractivity contribution in [2.75, 3.05) is 13.1 Å². The van der Waals surface area contributed by atoms with Gasteiger partial charge in [-0.3, -0.25) is 4.99 Å². The Hall–Kier alpha value is 0.01000. The minimum absolute atomic E-state index is 0. The molecule has 0 saturated heterocycles. The van der Waals surface area contributed by atoms with Gasteiger partial charge in [0.2, 0.25) is 0 Å². The lowest BCUT2D eigenvalue weighted by molar-refractivity contribution is 0.674. The Labute approximate surface area is 150 Å². The monoisotopic (exact) mass is 372 g/mol. The Morgan fingerprint density at radius 3 is 2.24 bits per heavy atom. The molecule has 0 spiro atoms. The van der Waals surface area contributed by atoms with Crippen molar-refractivity contribution in [3.63, 3.8) is 0 Å². The standard InChI is InChI=1S/C15H22Cl2N2.2ClH/c1-2-3-4-5-9-19-12(11-18)10-13-14(16)7-6-8-15(13)17;;/h6-8H,2-5,9-11,18H2,1H3;2*1H. The van der Waals surface area contributed by atoms with Crippen LogP contribution in [-0.4, -0.2) is 18.8 Å². The average Bonchev–Trinajstić information content (AvgIpc) is 2.40. The molecule has 2 N–H and O–H groups in total. The SMILES string of the molecule is CCCCCCN=C(CN)Cc1c(Cl)cccc1Cl.Cl.Cl. The van der Waals surface area contributed by atoms with E-state index >= 15 is 0 Å². The summed E-state index contributed by atoms with van der Waals surface area (Å²) in [6.45, 7) is 3.50. The summed E-state index contributed by atoms with van der Waals surface area (Å²) in [6.07, 6.45) is 5.49. The Morgan fingerprint density at radius 1 is 1.10 bits per heavy atom. The van der Waals surface area contributed by atoms with Gasteiger partial charge < -0.3 is 5.73 Å². The van der Waals surface area contributed by atoms with Crippen LogP contribution in [0.1, 0.15) is 38.2 Å². The zero-order chi connectivity index (χ0) is 14.1. The fourth-order valence-electron chi connectivity index (χ4n) is 1.87. The van der Waals surface area contributed by atoms with Gasteiger partial charge in [0.15, 0.2) is 0 Å². The van der Waals surface area contributed by atoms with Gasteiger partial charge in [-0.25, -0.2) is 0 Å². The molecule has 0 aromatic heterocycles. The number of hydrogen-bond donors (Lipinski definition) is 1. The smallest absolute Gasteiger partial charge is 0.0456 e. The zero-order valence-electron chi connectivity index (χ0n) is 12.3. The highest BCUT2D eigenvalue weighted by Gasteiger charge is 2.08. The molecule has 0 bridgehead atoms. The van der Waals surface area contributed by atoms with Gasteiger partial charge in [-0.05, 0) is 24.1 Å². The van der Waals surface area contributed by atoms with Crippen LogP contribution in [0.25, 0.3) is 0 Å². The van der Waals surface area contributed by atoms with E-state index in [0.29, 0.717) is 23.0 Å². The van der Waals surface area contributed by atoms with Crippen LogP contribution in [0.2, 0.25) is 10.0 Å². The summed E-state index contributed by atoms with van der Waals surface area (Å²) in [7, 11) is 0. The van der Waals surface area contributed by atoms with E-state index < -0.39 is 0 Å². The summed E-state index contributed by atoms with van der Waals surface area (Å²) >= 11 is 12.3. The molecule has 0 aliphatic heterocycles. The molecular weight excluding hydrogens is 350 g/mol. The predicted octanol–water partition coefficient (Wildman–Crippen LogP) is 5.36. The van der Waals surface area contributed by atoms with Crippen molar-refractivity contribution >= 4 is 53.7 Å². The summed E-state index contributed by atoms with van der Waals surface area (Å²) in [5.74, 6) is 0. The summed E-state index contributed by atoms with van der Waals surface area (Å²) in [5.41, 5.74) is 7.63. The summed E-state index contributed by atoms with van der Waals surface area (Å²) < 4.78 is 0. The summed E-state index contributed by atoms with van der Waals surface area (Å²) in [4.78, 5) is 4.57. The largest absolute Gasteiger partial charge is 0.325 e. The minimum atomic E-state index is 0. The molecule has 0 aliphatic rings. The second-order valence-corrected chi connectivity index (χ2v) is 5.40. The number of nitrogens with zero attached hydrogens (tertiary/aromatic N) is 1. The van der Waals surface area contributed by atoms with Crippen LogP contribution in [0.3, 0.4) is 0 Å². The van der Waals surface area contributed by atoms with E-state index in [9.17, 15) is 0 Å². The van der Waals surface area contributed by atoms with Crippen LogP contribution in [0.5, 0.6) is 0 Å². The zero-order valence-corrected chi connectivity index (χ0v) is 15.4. The molecular formula is C15H24Cl4N2. The van der Waals surface area contributed by atoms with Crippen LogP contribution >= 0.6 is 48.0 Å². The van der Waals surface area contributed by atoms with Crippen molar-refractivity contribution in [1.29, 1.82) is 0 Å². The quantitative estimate of drug-likeness (QED) is 0.483. The maximum absolute atomic E-state index is 6.15. The van der Waals surface area contributed by atoms with Crippen molar-refractivity contribution in [2.24, 2.45) is 10.7 Å². The molecule has 2 nitrogen and oxygen atoms in total. The molecule has 0 saturated carbocycles. The number of hydrogen-bond acceptors (Lipinski definition) is 2. The predicted molar refractivity (Wildman–Crippen MR) is 100 cm³/mol. The summed E-state index contributed by atoms with van der Waals surface area (Å²) in [6, 6.07) is 5.54. The molecule has 1 rings (SSSR count). The molecule has 1 aromatic rings. The molecule has 1 aromatic carbocycles. The maximum Gasteiger partial charge on any atom is 0.0456 e. The van der Waals surface area contributed by atoms with Crippen molar-refractivity contribution < 1.29 is 0 Å². The van der Waals surface area contributed by atoms with E-state index in [-0.39, 0.29) is 24.8 Å². The molecule has 6 heteroatoms. The van der Waals surface area contributed by atoms with E-state index in [2.05, 4.69) is 11.9 Å². The third kappa shape index (κ3) is 8.90. The lowest BCUT2D eigenvalue weighted by atomic mass is 10.1. The molecule has 21 heavy (non-hydrogen) atoms. The van der Waals surface area contributed by atoms with E-state index in [4.69, 9.17) is 28.9 Å². The fraction of sp³-hybridized carbons (Fsp3) is 0.533. The number of rotatable bonds is 8. The topological polar surface area (TPSA) is 38.4 Å². The molecule has 122 valence electrons. The normalized spacial score (nSPS) is 10.8. The first-order valence-electron chi connectivity index (χ1n) is 6.84. The third-order valence-electron chi connectivity index (χ3n) is 3.03. The van der Waals surface area contributed by atoms with Crippen LogP contribution in [0, 0.1) is 0 Å². The second kappa shape index (κ2) is 13.7. The van der Waals surface area contributed by atoms with E-state index in [1.165, 1.54) is 19.3 Å². The van der Waals surface area contributed by atoms with Crippen molar-refractivity contribution in [1.82, 2.24) is 0 Å². The molecule has 0 unspecified atom stereocenters. The van der Waals surface area contributed by atoms with Gasteiger partial charge in [-0.1, -0.05) is 55.5 Å². The van der Waals surface area contributed by atoms with Gasteiger partial charge >= 0.3 is 0 Å². The Balaban J connectivity index is 0. The van der Waals surface area contributed by atoms with Gasteiger partial charge in [0.05, 0.1) is 0 Å². The van der Waals surface area contributed by atoms with Crippen molar-refractivity contribution in [3.05, 3.63) is 33.8 Å². The Bertz CT molecular complexity index is 402. The lowest BCUT2D eigenvalue weighted by Crippen LogP contribution is -2.17. The van der Waals surface area contributed by atoms with Crippen LogP contribution in [0.15, 0.2) is 23.2 Å². The van der Waals surface area contributed by atoms with Gasteiger partial charge in [-0.2, -0.15) is 0 Å². The second-order valence-electron chi connectivity index (χ2n) is 4.59. The third-order valence-corrected chi connectivity index (χ3v) is 3.73. The van der Waals surface area contributed by atoms with E-state index in [1.807, 2.05) is 18.2 Å². The fourth-order valence-corrected chi connectivity index (χ4v) is 2.40. The first kappa shape index (κ1) is 23.3. The van der Waals surface area contributed by atoms with Crippen LogP contribution in [0.4, 0.5) is 0 Å². The van der Waals surface area contributed by atoms with Gasteiger partial charge in [0.1, 0.15) is 0 Å². The maximum atomic E-state index is 6.15. The molecule has 0 amide bonds. The van der Waals surface area contributed by atoms with Gasteiger partial charge in [0.25, 0.3) is 0 Å². The van der Waals surface area contributed by atoms with E-state index in [1.54, 1.807) is 0 Å². The number of unbranched alkanes of at least 4 members (excludes halogenated alkanes) is 3. The number of halogens is 4. The number of aliphatic imine (C=N–C) groups is 1. The molecule has 0 fully saturated rings. The Morgan fingerprint density at radius 2 is 1.71 bits per heavy atom. The number of nitrogens with two attached hydrogens (primary N) is 1. The molecule has 0 heterocycles. The summed E-state index contributed by atoms with van der Waals surface area (Å²) in [5, 5.41) is 1.36. The van der Waals surface area contributed by atoms with Crippen LogP contribution in [-0.2, 0) is 6.42 Å². The van der Waals surface area contributed by atoms with Crippen molar-refractivity contribution in [3.8, 4) is 0 Å². The lowest BCUT2D eigenvalue weighted by Gasteiger charge is -2.08.